The number of benzene rings is 2. The maximum Gasteiger partial charge on any atom is 0.177 e. The fourth-order valence-electron chi connectivity index (χ4n) is 2.20. The molecular formula is C15H10FN3O3S. The lowest BCUT2D eigenvalue weighted by atomic mass is 10.2. The molecule has 0 amide bonds. The van der Waals surface area contributed by atoms with E-state index in [0.717, 1.165) is 18.4 Å². The second kappa shape index (κ2) is 5.37. The Hall–Kier alpha value is -2.92. The first-order chi connectivity index (χ1) is 10.9. The van der Waals surface area contributed by atoms with Crippen LogP contribution in [0, 0.1) is 17.1 Å². The Bertz CT molecular complexity index is 1050. The summed E-state index contributed by atoms with van der Waals surface area (Å²) in [5, 5.41) is 15.8. The van der Waals surface area contributed by atoms with Crippen LogP contribution in [0.1, 0.15) is 5.56 Å². The van der Waals surface area contributed by atoms with Gasteiger partial charge in [-0.25, -0.2) is 12.8 Å². The molecule has 0 saturated heterocycles. The molecule has 1 aromatic heterocycles. The maximum atomic E-state index is 13.5. The van der Waals surface area contributed by atoms with E-state index in [1.165, 1.54) is 24.4 Å². The number of sulfone groups is 1. The predicted octanol–water partition coefficient (Wildman–Crippen LogP) is 2.77. The Labute approximate surface area is 131 Å². The van der Waals surface area contributed by atoms with Gasteiger partial charge in [0.15, 0.2) is 9.84 Å². The van der Waals surface area contributed by atoms with Crippen LogP contribution in [0.3, 0.4) is 0 Å². The molecule has 0 fully saturated rings. The second-order valence-electron chi connectivity index (χ2n) is 4.88. The molecule has 0 bridgehead atoms. The van der Waals surface area contributed by atoms with Crippen molar-refractivity contribution in [1.29, 1.82) is 5.26 Å². The molecule has 3 rings (SSSR count). The van der Waals surface area contributed by atoms with E-state index in [1.807, 2.05) is 6.07 Å². The smallest absolute Gasteiger partial charge is 0.177 e. The lowest BCUT2D eigenvalue weighted by Crippen LogP contribution is -1.99. The van der Waals surface area contributed by atoms with E-state index in [-0.39, 0.29) is 16.2 Å². The van der Waals surface area contributed by atoms with Gasteiger partial charge >= 0.3 is 0 Å². The van der Waals surface area contributed by atoms with Crippen LogP contribution < -0.4 is 4.74 Å². The Morgan fingerprint density at radius 3 is 2.78 bits per heavy atom. The molecule has 0 atom stereocenters. The molecule has 6 nitrogen and oxygen atoms in total. The van der Waals surface area contributed by atoms with E-state index in [9.17, 15) is 12.8 Å². The zero-order valence-electron chi connectivity index (χ0n) is 11.9. The van der Waals surface area contributed by atoms with Gasteiger partial charge in [0, 0.05) is 12.3 Å². The van der Waals surface area contributed by atoms with Crippen molar-refractivity contribution in [3.8, 4) is 17.6 Å². The lowest BCUT2D eigenvalue weighted by Gasteiger charge is -2.09. The van der Waals surface area contributed by atoms with Crippen molar-refractivity contribution < 1.29 is 17.5 Å². The summed E-state index contributed by atoms with van der Waals surface area (Å²) >= 11 is 0. The first kappa shape index (κ1) is 15.0. The number of ether oxygens (including phenoxy) is 1. The molecule has 3 aromatic rings. The Morgan fingerprint density at radius 2 is 2.09 bits per heavy atom. The number of aromatic nitrogens is 2. The van der Waals surface area contributed by atoms with Crippen LogP contribution in [0.25, 0.3) is 10.9 Å². The Balaban J connectivity index is 2.11. The molecule has 0 aliphatic rings. The van der Waals surface area contributed by atoms with Crippen molar-refractivity contribution in [3.05, 3.63) is 47.9 Å². The molecule has 0 aliphatic heterocycles. The van der Waals surface area contributed by atoms with Crippen LogP contribution in [0.2, 0.25) is 0 Å². The summed E-state index contributed by atoms with van der Waals surface area (Å²) in [4.78, 5) is 0.0920. The highest BCUT2D eigenvalue weighted by molar-refractivity contribution is 7.91. The zero-order valence-corrected chi connectivity index (χ0v) is 12.7. The van der Waals surface area contributed by atoms with Crippen molar-refractivity contribution in [1.82, 2.24) is 10.2 Å². The predicted molar refractivity (Wildman–Crippen MR) is 80.4 cm³/mol. The highest BCUT2D eigenvalue weighted by Crippen LogP contribution is 2.33. The number of fused-ring (bicyclic) bond motifs is 1. The third kappa shape index (κ3) is 2.86. The number of rotatable bonds is 3. The van der Waals surface area contributed by atoms with Gasteiger partial charge in [-0.05, 0) is 24.3 Å². The summed E-state index contributed by atoms with van der Waals surface area (Å²) in [5.41, 5.74) is 0.429. The van der Waals surface area contributed by atoms with Crippen molar-refractivity contribution in [2.75, 3.05) is 6.26 Å². The third-order valence-electron chi connectivity index (χ3n) is 3.16. The zero-order chi connectivity index (χ0) is 16.6. The molecule has 8 heteroatoms. The molecule has 116 valence electrons. The van der Waals surface area contributed by atoms with Crippen LogP contribution >= 0.6 is 0 Å². The molecular weight excluding hydrogens is 321 g/mol. The Kier molecular flexibility index (Phi) is 3.50. The molecule has 23 heavy (non-hydrogen) atoms. The first-order valence-electron chi connectivity index (χ1n) is 6.43. The number of H-pyrrole nitrogens is 1. The van der Waals surface area contributed by atoms with Gasteiger partial charge < -0.3 is 4.74 Å². The van der Waals surface area contributed by atoms with E-state index in [2.05, 4.69) is 10.2 Å². The van der Waals surface area contributed by atoms with Gasteiger partial charge in [0.05, 0.1) is 33.6 Å². The molecule has 2 aromatic carbocycles. The van der Waals surface area contributed by atoms with Crippen molar-refractivity contribution in [3.63, 3.8) is 0 Å². The molecule has 1 N–H and O–H groups in total. The van der Waals surface area contributed by atoms with Crippen molar-refractivity contribution >= 4 is 20.7 Å². The minimum absolute atomic E-state index is 0.0920. The summed E-state index contributed by atoms with van der Waals surface area (Å²) in [5.74, 6) is -0.165. The third-order valence-corrected chi connectivity index (χ3v) is 4.30. The van der Waals surface area contributed by atoms with E-state index < -0.39 is 15.7 Å². The standard InChI is InChI=1S/C15H10FN3O3S/c1-23(20,21)14-3-2-13(12-8-18-19-15(12)14)22-11-5-9(7-17)4-10(16)6-11/h2-6,8H,1H3,(H,18,19). The summed E-state index contributed by atoms with van der Waals surface area (Å²) in [7, 11) is -3.44. The first-order valence-corrected chi connectivity index (χ1v) is 8.32. The van der Waals surface area contributed by atoms with Crippen LogP contribution in [0.5, 0.6) is 11.5 Å². The number of halogens is 1. The van der Waals surface area contributed by atoms with E-state index in [4.69, 9.17) is 10.00 Å². The number of nitriles is 1. The van der Waals surface area contributed by atoms with Crippen LogP contribution in [0.4, 0.5) is 4.39 Å². The van der Waals surface area contributed by atoms with Gasteiger partial charge in [-0.1, -0.05) is 0 Å². The second-order valence-corrected chi connectivity index (χ2v) is 6.87. The number of hydrogen-bond donors (Lipinski definition) is 1. The molecule has 0 unspecified atom stereocenters. The molecule has 0 saturated carbocycles. The Morgan fingerprint density at radius 1 is 1.30 bits per heavy atom. The largest absolute Gasteiger partial charge is 0.456 e. The number of hydrogen-bond acceptors (Lipinski definition) is 5. The maximum absolute atomic E-state index is 13.5. The van der Waals surface area contributed by atoms with Gasteiger partial charge in [-0.2, -0.15) is 10.4 Å². The van der Waals surface area contributed by atoms with Gasteiger partial charge in [0.25, 0.3) is 0 Å². The fraction of sp³-hybridized carbons (Fsp3) is 0.0667. The molecule has 0 radical (unpaired) electrons. The average molecular weight is 331 g/mol. The van der Waals surface area contributed by atoms with E-state index in [1.54, 1.807) is 0 Å². The van der Waals surface area contributed by atoms with Crippen molar-refractivity contribution in [2.45, 2.75) is 4.90 Å². The van der Waals surface area contributed by atoms with E-state index >= 15 is 0 Å². The minimum atomic E-state index is -3.44. The van der Waals surface area contributed by atoms with Crippen molar-refractivity contribution in [2.24, 2.45) is 0 Å². The summed E-state index contributed by atoms with van der Waals surface area (Å²) < 4.78 is 42.6. The summed E-state index contributed by atoms with van der Waals surface area (Å²) in [6, 6.07) is 8.30. The quantitative estimate of drug-likeness (QED) is 0.796. The lowest BCUT2D eigenvalue weighted by molar-refractivity contribution is 0.481. The van der Waals surface area contributed by atoms with Gasteiger partial charge in [-0.3, -0.25) is 5.10 Å². The van der Waals surface area contributed by atoms with Gasteiger partial charge in [0.2, 0.25) is 0 Å². The van der Waals surface area contributed by atoms with E-state index in [0.29, 0.717) is 16.7 Å². The fourth-order valence-corrected chi connectivity index (χ4v) is 3.04. The highest BCUT2D eigenvalue weighted by atomic mass is 32.2. The highest BCUT2D eigenvalue weighted by Gasteiger charge is 2.17. The number of aromatic amines is 1. The number of nitrogens with zero attached hydrogens (tertiary/aromatic N) is 2. The van der Waals surface area contributed by atoms with Crippen LogP contribution in [-0.4, -0.2) is 24.9 Å². The monoisotopic (exact) mass is 331 g/mol. The van der Waals surface area contributed by atoms with Crippen LogP contribution in [0.15, 0.2) is 41.4 Å². The molecule has 0 spiro atoms. The van der Waals surface area contributed by atoms with Gasteiger partial charge in [-0.15, -0.1) is 0 Å². The number of nitrogens with one attached hydrogen (secondary N) is 1. The summed E-state index contributed by atoms with van der Waals surface area (Å²) in [6.07, 6.45) is 2.51. The average Bonchev–Trinajstić information content (AvgIpc) is 2.95. The summed E-state index contributed by atoms with van der Waals surface area (Å²) in [6.45, 7) is 0. The minimum Gasteiger partial charge on any atom is -0.456 e. The molecule has 0 aliphatic carbocycles. The van der Waals surface area contributed by atoms with Crippen LogP contribution in [-0.2, 0) is 9.84 Å². The normalized spacial score (nSPS) is 11.3. The molecule has 1 heterocycles. The topological polar surface area (TPSA) is 95.8 Å². The van der Waals surface area contributed by atoms with Gasteiger partial charge in [0.1, 0.15) is 17.3 Å². The SMILES string of the molecule is CS(=O)(=O)c1ccc(Oc2cc(F)cc(C#N)c2)c2cn[nH]c12.